The molecule has 6 nitrogen and oxygen atoms in total. The molecule has 0 spiro atoms. The van der Waals surface area contributed by atoms with Gasteiger partial charge < -0.3 is 10.4 Å². The highest BCUT2D eigenvalue weighted by atomic mass is 16.4. The van der Waals surface area contributed by atoms with E-state index in [0.717, 1.165) is 5.56 Å². The van der Waals surface area contributed by atoms with Crippen LogP contribution in [0.5, 0.6) is 0 Å². The summed E-state index contributed by atoms with van der Waals surface area (Å²) in [7, 11) is 0. The van der Waals surface area contributed by atoms with Crippen molar-refractivity contribution in [2.75, 3.05) is 5.32 Å². The minimum absolute atomic E-state index is 0.0949. The monoisotopic (exact) mass is 273 g/mol. The highest BCUT2D eigenvalue weighted by Gasteiger charge is 2.12. The van der Waals surface area contributed by atoms with Gasteiger partial charge in [0.1, 0.15) is 0 Å². The standard InChI is InChI=1S/C14H15N3O3/c1-10-3-4-12(11(9-10)14(19)20)16-13(18)5-8-17-7-2-6-15-17/h2-4,6-7,9H,5,8H2,1H3,(H,16,18)(H,19,20). The van der Waals surface area contributed by atoms with Gasteiger partial charge in [0.2, 0.25) is 5.91 Å². The van der Waals surface area contributed by atoms with Crippen molar-refractivity contribution in [3.8, 4) is 0 Å². The number of aromatic carboxylic acids is 1. The molecule has 0 fully saturated rings. The number of nitrogens with zero attached hydrogens (tertiary/aromatic N) is 2. The van der Waals surface area contributed by atoms with E-state index in [9.17, 15) is 9.59 Å². The lowest BCUT2D eigenvalue weighted by Crippen LogP contribution is -2.17. The molecule has 2 N–H and O–H groups in total. The van der Waals surface area contributed by atoms with Crippen molar-refractivity contribution < 1.29 is 14.7 Å². The number of nitrogens with one attached hydrogen (secondary N) is 1. The Balaban J connectivity index is 2.02. The van der Waals surface area contributed by atoms with Gasteiger partial charge in [-0.2, -0.15) is 5.10 Å². The summed E-state index contributed by atoms with van der Waals surface area (Å²) in [5, 5.41) is 15.7. The summed E-state index contributed by atoms with van der Waals surface area (Å²) in [5.74, 6) is -1.30. The van der Waals surface area contributed by atoms with Gasteiger partial charge in [0.05, 0.1) is 11.3 Å². The number of benzene rings is 1. The normalized spacial score (nSPS) is 10.2. The molecule has 20 heavy (non-hydrogen) atoms. The van der Waals surface area contributed by atoms with Crippen molar-refractivity contribution in [1.29, 1.82) is 0 Å². The molecule has 2 aromatic rings. The molecule has 104 valence electrons. The Morgan fingerprint density at radius 2 is 2.20 bits per heavy atom. The largest absolute Gasteiger partial charge is 0.478 e. The number of carbonyl (C=O) groups is 2. The molecular weight excluding hydrogens is 258 g/mol. The Bertz CT molecular complexity index is 621. The maximum Gasteiger partial charge on any atom is 0.337 e. The summed E-state index contributed by atoms with van der Waals surface area (Å²) in [5.41, 5.74) is 1.24. The molecule has 0 aliphatic carbocycles. The lowest BCUT2D eigenvalue weighted by Gasteiger charge is -2.09. The number of aryl methyl sites for hydroxylation is 2. The number of hydrogen-bond donors (Lipinski definition) is 2. The van der Waals surface area contributed by atoms with Gasteiger partial charge in [-0.3, -0.25) is 9.48 Å². The Morgan fingerprint density at radius 3 is 2.85 bits per heavy atom. The predicted octanol–water partition coefficient (Wildman–Crippen LogP) is 1.92. The van der Waals surface area contributed by atoms with Gasteiger partial charge >= 0.3 is 5.97 Å². The molecule has 0 radical (unpaired) electrons. The average molecular weight is 273 g/mol. The molecule has 2 rings (SSSR count). The van der Waals surface area contributed by atoms with E-state index in [-0.39, 0.29) is 17.9 Å². The van der Waals surface area contributed by atoms with Gasteiger partial charge in [0.15, 0.2) is 0 Å². The van der Waals surface area contributed by atoms with Crippen molar-refractivity contribution in [2.24, 2.45) is 0 Å². The number of rotatable bonds is 5. The van der Waals surface area contributed by atoms with Crippen LogP contribution < -0.4 is 5.32 Å². The second kappa shape index (κ2) is 6.01. The van der Waals surface area contributed by atoms with E-state index in [1.807, 2.05) is 0 Å². The molecule has 1 amide bonds. The quantitative estimate of drug-likeness (QED) is 0.871. The summed E-state index contributed by atoms with van der Waals surface area (Å²) in [6.07, 6.45) is 3.64. The zero-order valence-corrected chi connectivity index (χ0v) is 11.0. The van der Waals surface area contributed by atoms with Gasteiger partial charge in [-0.25, -0.2) is 4.79 Å². The predicted molar refractivity (Wildman–Crippen MR) is 73.6 cm³/mol. The van der Waals surface area contributed by atoms with Crippen LogP contribution in [-0.4, -0.2) is 26.8 Å². The molecule has 1 aromatic carbocycles. The molecule has 0 bridgehead atoms. The van der Waals surface area contributed by atoms with Crippen molar-refractivity contribution in [3.63, 3.8) is 0 Å². The summed E-state index contributed by atoms with van der Waals surface area (Å²) >= 11 is 0. The SMILES string of the molecule is Cc1ccc(NC(=O)CCn2cccn2)c(C(=O)O)c1. The fourth-order valence-corrected chi connectivity index (χ4v) is 1.81. The fraction of sp³-hybridized carbons (Fsp3) is 0.214. The van der Waals surface area contributed by atoms with E-state index in [2.05, 4.69) is 10.4 Å². The molecule has 0 atom stereocenters. The van der Waals surface area contributed by atoms with E-state index < -0.39 is 5.97 Å². The third-order valence-electron chi connectivity index (χ3n) is 2.81. The zero-order valence-electron chi connectivity index (χ0n) is 11.0. The lowest BCUT2D eigenvalue weighted by molar-refractivity contribution is -0.116. The van der Waals surface area contributed by atoms with E-state index >= 15 is 0 Å². The Labute approximate surface area is 116 Å². The molecule has 0 aliphatic rings. The lowest BCUT2D eigenvalue weighted by atomic mass is 10.1. The first-order valence-corrected chi connectivity index (χ1v) is 6.17. The molecule has 0 unspecified atom stereocenters. The van der Waals surface area contributed by atoms with E-state index in [1.54, 1.807) is 42.2 Å². The van der Waals surface area contributed by atoms with Crippen LogP contribution in [0.4, 0.5) is 5.69 Å². The van der Waals surface area contributed by atoms with Crippen molar-refractivity contribution in [3.05, 3.63) is 47.8 Å². The van der Waals surface area contributed by atoms with Crippen LogP contribution in [0, 0.1) is 6.92 Å². The van der Waals surface area contributed by atoms with Crippen LogP contribution in [0.25, 0.3) is 0 Å². The van der Waals surface area contributed by atoms with Gasteiger partial charge in [-0.05, 0) is 25.1 Å². The van der Waals surface area contributed by atoms with Crippen molar-refractivity contribution >= 4 is 17.6 Å². The summed E-state index contributed by atoms with van der Waals surface area (Å²) < 4.78 is 1.65. The number of aromatic nitrogens is 2. The molecular formula is C14H15N3O3. The van der Waals surface area contributed by atoms with Gasteiger partial charge in [-0.1, -0.05) is 11.6 Å². The van der Waals surface area contributed by atoms with Gasteiger partial charge in [0, 0.05) is 25.4 Å². The van der Waals surface area contributed by atoms with E-state index in [4.69, 9.17) is 5.11 Å². The maximum atomic E-state index is 11.8. The van der Waals surface area contributed by atoms with Crippen LogP contribution in [-0.2, 0) is 11.3 Å². The minimum Gasteiger partial charge on any atom is -0.478 e. The molecule has 6 heteroatoms. The van der Waals surface area contributed by atoms with Crippen molar-refractivity contribution in [2.45, 2.75) is 19.9 Å². The first-order chi connectivity index (χ1) is 9.56. The van der Waals surface area contributed by atoms with Gasteiger partial charge in [0.25, 0.3) is 0 Å². The minimum atomic E-state index is -1.06. The number of anilines is 1. The molecule has 0 aliphatic heterocycles. The smallest absolute Gasteiger partial charge is 0.337 e. The zero-order chi connectivity index (χ0) is 14.5. The van der Waals surface area contributed by atoms with Crippen LogP contribution in [0.2, 0.25) is 0 Å². The average Bonchev–Trinajstić information content (AvgIpc) is 2.91. The molecule has 0 saturated carbocycles. The number of carboxylic acids is 1. The highest BCUT2D eigenvalue weighted by Crippen LogP contribution is 2.17. The number of carboxylic acid groups (broad SMARTS) is 1. The Morgan fingerprint density at radius 1 is 1.40 bits per heavy atom. The fourth-order valence-electron chi connectivity index (χ4n) is 1.81. The van der Waals surface area contributed by atoms with E-state index in [0.29, 0.717) is 12.2 Å². The Kier molecular flexibility index (Phi) is 4.14. The first kappa shape index (κ1) is 13.8. The third-order valence-corrected chi connectivity index (χ3v) is 2.81. The maximum absolute atomic E-state index is 11.8. The second-order valence-electron chi connectivity index (χ2n) is 4.42. The summed E-state index contributed by atoms with van der Waals surface area (Å²) in [4.78, 5) is 23.0. The Hall–Kier alpha value is -2.63. The number of hydrogen-bond acceptors (Lipinski definition) is 3. The molecule has 1 heterocycles. The van der Waals surface area contributed by atoms with Crippen LogP contribution in [0.3, 0.4) is 0 Å². The van der Waals surface area contributed by atoms with Crippen molar-refractivity contribution in [1.82, 2.24) is 9.78 Å². The third kappa shape index (κ3) is 3.44. The van der Waals surface area contributed by atoms with Crippen LogP contribution in [0.1, 0.15) is 22.3 Å². The van der Waals surface area contributed by atoms with Crippen LogP contribution in [0.15, 0.2) is 36.7 Å². The number of carbonyl (C=O) groups excluding carboxylic acids is 1. The van der Waals surface area contributed by atoms with E-state index in [1.165, 1.54) is 6.07 Å². The summed E-state index contributed by atoms with van der Waals surface area (Å²) in [6, 6.07) is 6.67. The van der Waals surface area contributed by atoms with Crippen LogP contribution >= 0.6 is 0 Å². The topological polar surface area (TPSA) is 84.2 Å². The first-order valence-electron chi connectivity index (χ1n) is 6.17. The second-order valence-corrected chi connectivity index (χ2v) is 4.42. The number of amides is 1. The molecule has 1 aromatic heterocycles. The van der Waals surface area contributed by atoms with Gasteiger partial charge in [-0.15, -0.1) is 0 Å². The molecule has 0 saturated heterocycles. The summed E-state index contributed by atoms with van der Waals surface area (Å²) in [6.45, 7) is 2.25. The highest BCUT2D eigenvalue weighted by molar-refractivity contribution is 6.00.